The average Bonchev–Trinajstić information content (AvgIpc) is 2.60. The maximum absolute atomic E-state index is 11.6. The second-order valence-electron chi connectivity index (χ2n) is 3.65. The number of nitrogens with zero attached hydrogens (tertiary/aromatic N) is 1. The van der Waals surface area contributed by atoms with E-state index in [0.717, 1.165) is 0 Å². The van der Waals surface area contributed by atoms with Crippen LogP contribution in [0.4, 0.5) is 5.69 Å². The summed E-state index contributed by atoms with van der Waals surface area (Å²) in [6.07, 6.45) is 3.61. The molecule has 1 saturated heterocycles. The summed E-state index contributed by atoms with van der Waals surface area (Å²) in [5.41, 5.74) is 0.314. The van der Waals surface area contributed by atoms with Crippen molar-refractivity contribution in [1.29, 1.82) is 0 Å². The molecule has 1 aliphatic rings. The fourth-order valence-corrected chi connectivity index (χ4v) is 2.00. The summed E-state index contributed by atoms with van der Waals surface area (Å²) in [6.45, 7) is 0.593. The quantitative estimate of drug-likeness (QED) is 0.725. The molecule has 4 nitrogen and oxygen atoms in total. The number of carbonyl (C=O) groups is 1. The van der Waals surface area contributed by atoms with Gasteiger partial charge < -0.3 is 9.88 Å². The van der Waals surface area contributed by atoms with Crippen LogP contribution in [-0.2, 0) is 4.79 Å². The highest BCUT2D eigenvalue weighted by Gasteiger charge is 2.30. The maximum atomic E-state index is 11.6. The van der Waals surface area contributed by atoms with Crippen LogP contribution in [0, 0.1) is 5.92 Å². The summed E-state index contributed by atoms with van der Waals surface area (Å²) >= 11 is 4.17. The maximum Gasteiger partial charge on any atom is 0.227 e. The second-order valence-corrected chi connectivity index (χ2v) is 4.02. The summed E-state index contributed by atoms with van der Waals surface area (Å²) in [4.78, 5) is 27.5. The average molecular weight is 224 g/mol. The number of hydrogen-bond donors (Lipinski definition) is 2. The minimum atomic E-state index is -0.123. The molecule has 1 atom stereocenters. The number of aromatic nitrogens is 1. The van der Waals surface area contributed by atoms with E-state index in [2.05, 4.69) is 17.6 Å². The van der Waals surface area contributed by atoms with Gasteiger partial charge in [0.05, 0.1) is 0 Å². The SMILES string of the molecule is O=C1CC(CS)CN1c1c[nH]ccc1=O. The summed E-state index contributed by atoms with van der Waals surface area (Å²) in [6, 6.07) is 1.43. The number of aromatic amines is 1. The van der Waals surface area contributed by atoms with Crippen LogP contribution in [0.15, 0.2) is 23.3 Å². The number of pyridine rings is 1. The van der Waals surface area contributed by atoms with Crippen LogP contribution in [0.3, 0.4) is 0 Å². The molecule has 5 heteroatoms. The Morgan fingerprint density at radius 1 is 1.53 bits per heavy atom. The lowest BCUT2D eigenvalue weighted by Crippen LogP contribution is -2.29. The van der Waals surface area contributed by atoms with E-state index in [1.807, 2.05) is 0 Å². The van der Waals surface area contributed by atoms with Gasteiger partial charge in [0, 0.05) is 31.4 Å². The van der Waals surface area contributed by atoms with E-state index in [0.29, 0.717) is 24.4 Å². The lowest BCUT2D eigenvalue weighted by molar-refractivity contribution is -0.117. The van der Waals surface area contributed by atoms with Crippen molar-refractivity contribution in [2.45, 2.75) is 6.42 Å². The number of hydrogen-bond acceptors (Lipinski definition) is 3. The first-order valence-electron chi connectivity index (χ1n) is 4.80. The van der Waals surface area contributed by atoms with Gasteiger partial charge in [0.15, 0.2) is 0 Å². The predicted octanol–water partition coefficient (Wildman–Crippen LogP) is 0.658. The third-order valence-corrected chi connectivity index (χ3v) is 3.07. The van der Waals surface area contributed by atoms with E-state index in [4.69, 9.17) is 0 Å². The van der Waals surface area contributed by atoms with Crippen molar-refractivity contribution in [1.82, 2.24) is 4.98 Å². The third kappa shape index (κ3) is 1.92. The Balaban J connectivity index is 2.29. The third-order valence-electron chi connectivity index (χ3n) is 2.56. The molecule has 80 valence electrons. The molecule has 1 N–H and O–H groups in total. The van der Waals surface area contributed by atoms with Crippen molar-refractivity contribution >= 4 is 24.2 Å². The topological polar surface area (TPSA) is 53.2 Å². The molecular weight excluding hydrogens is 212 g/mol. The van der Waals surface area contributed by atoms with Gasteiger partial charge in [-0.1, -0.05) is 0 Å². The Labute approximate surface area is 92.7 Å². The van der Waals surface area contributed by atoms with E-state index >= 15 is 0 Å². The Bertz CT molecular complexity index is 429. The van der Waals surface area contributed by atoms with E-state index in [1.165, 1.54) is 6.07 Å². The molecule has 0 aromatic carbocycles. The van der Waals surface area contributed by atoms with E-state index < -0.39 is 0 Å². The smallest absolute Gasteiger partial charge is 0.227 e. The standard InChI is InChI=1S/C10H12N2O2S/c13-9-1-2-11-4-8(9)12-5-7(6-15)3-10(12)14/h1-2,4,7,15H,3,5-6H2,(H,11,13). The molecule has 1 fully saturated rings. The largest absolute Gasteiger partial charge is 0.366 e. The number of nitrogens with one attached hydrogen (secondary N) is 1. The zero-order chi connectivity index (χ0) is 10.8. The summed E-state index contributed by atoms with van der Waals surface area (Å²) in [5, 5.41) is 0. The van der Waals surface area contributed by atoms with Gasteiger partial charge in [0.1, 0.15) is 5.69 Å². The fourth-order valence-electron chi connectivity index (χ4n) is 1.75. The Hall–Kier alpha value is -1.23. The first-order chi connectivity index (χ1) is 7.22. The van der Waals surface area contributed by atoms with E-state index in [1.54, 1.807) is 17.3 Å². The van der Waals surface area contributed by atoms with Gasteiger partial charge >= 0.3 is 0 Å². The minimum Gasteiger partial charge on any atom is -0.366 e. The monoisotopic (exact) mass is 224 g/mol. The van der Waals surface area contributed by atoms with E-state index in [9.17, 15) is 9.59 Å². The molecule has 1 unspecified atom stereocenters. The van der Waals surface area contributed by atoms with Crippen LogP contribution >= 0.6 is 12.6 Å². The molecule has 0 saturated carbocycles. The normalized spacial score (nSPS) is 21.0. The molecule has 1 amide bonds. The lowest BCUT2D eigenvalue weighted by Gasteiger charge is -2.14. The van der Waals surface area contributed by atoms with Gasteiger partial charge in [-0.05, 0) is 11.7 Å². The van der Waals surface area contributed by atoms with E-state index in [-0.39, 0.29) is 17.3 Å². The molecule has 0 aliphatic carbocycles. The molecule has 1 aliphatic heterocycles. The van der Waals surface area contributed by atoms with Crippen molar-refractivity contribution in [3.8, 4) is 0 Å². The van der Waals surface area contributed by atoms with Crippen molar-refractivity contribution < 1.29 is 4.79 Å². The van der Waals surface area contributed by atoms with Crippen molar-refractivity contribution in [2.75, 3.05) is 17.2 Å². The second kappa shape index (κ2) is 4.10. The summed E-state index contributed by atoms with van der Waals surface area (Å²) < 4.78 is 0. The summed E-state index contributed by atoms with van der Waals surface area (Å²) in [7, 11) is 0. The van der Waals surface area contributed by atoms with Gasteiger partial charge in [-0.3, -0.25) is 9.59 Å². The number of carbonyl (C=O) groups excluding carboxylic acids is 1. The van der Waals surface area contributed by atoms with Crippen molar-refractivity contribution in [3.05, 3.63) is 28.7 Å². The van der Waals surface area contributed by atoms with Crippen LogP contribution in [0.2, 0.25) is 0 Å². The Kier molecular flexibility index (Phi) is 2.81. The first kappa shape index (κ1) is 10.3. The van der Waals surface area contributed by atoms with Crippen LogP contribution in [0.1, 0.15) is 6.42 Å². The van der Waals surface area contributed by atoms with Gasteiger partial charge in [0.2, 0.25) is 11.3 Å². The van der Waals surface area contributed by atoms with Crippen LogP contribution in [0.25, 0.3) is 0 Å². The van der Waals surface area contributed by atoms with Gasteiger partial charge in [0.25, 0.3) is 0 Å². The predicted molar refractivity (Wildman–Crippen MR) is 61.4 cm³/mol. The number of anilines is 1. The minimum absolute atomic E-state index is 0.00532. The Morgan fingerprint density at radius 2 is 2.33 bits per heavy atom. The fraction of sp³-hybridized carbons (Fsp3) is 0.400. The highest BCUT2D eigenvalue weighted by atomic mass is 32.1. The van der Waals surface area contributed by atoms with Gasteiger partial charge in [-0.25, -0.2) is 0 Å². The summed E-state index contributed by atoms with van der Waals surface area (Å²) in [5.74, 6) is 0.929. The number of amides is 1. The zero-order valence-corrected chi connectivity index (χ0v) is 9.04. The molecule has 15 heavy (non-hydrogen) atoms. The highest BCUT2D eigenvalue weighted by molar-refractivity contribution is 7.80. The number of rotatable bonds is 2. The number of H-pyrrole nitrogens is 1. The van der Waals surface area contributed by atoms with Crippen molar-refractivity contribution in [2.24, 2.45) is 5.92 Å². The molecule has 2 rings (SSSR count). The molecule has 1 aromatic rings. The lowest BCUT2D eigenvalue weighted by atomic mass is 10.1. The number of thiol groups is 1. The van der Waals surface area contributed by atoms with Crippen LogP contribution in [0.5, 0.6) is 0 Å². The molecule has 0 bridgehead atoms. The molecular formula is C10H12N2O2S. The molecule has 2 heterocycles. The first-order valence-corrected chi connectivity index (χ1v) is 5.44. The molecule has 0 radical (unpaired) electrons. The molecule has 1 aromatic heterocycles. The van der Waals surface area contributed by atoms with Gasteiger partial charge in [-0.2, -0.15) is 12.6 Å². The van der Waals surface area contributed by atoms with Gasteiger partial charge in [-0.15, -0.1) is 0 Å². The van der Waals surface area contributed by atoms with Crippen molar-refractivity contribution in [3.63, 3.8) is 0 Å². The zero-order valence-electron chi connectivity index (χ0n) is 8.14. The molecule has 0 spiro atoms. The highest BCUT2D eigenvalue weighted by Crippen LogP contribution is 2.22. The van der Waals surface area contributed by atoms with Crippen LogP contribution < -0.4 is 10.3 Å². The van der Waals surface area contributed by atoms with Crippen LogP contribution in [-0.4, -0.2) is 23.2 Å². The Morgan fingerprint density at radius 3 is 2.93 bits per heavy atom.